The summed E-state index contributed by atoms with van der Waals surface area (Å²) in [7, 11) is 0. The van der Waals surface area contributed by atoms with Gasteiger partial charge in [-0.15, -0.1) is 0 Å². The van der Waals surface area contributed by atoms with Crippen molar-refractivity contribution < 1.29 is 9.66 Å². The number of hydrogen-bond donors (Lipinski definition) is 1. The van der Waals surface area contributed by atoms with Gasteiger partial charge >= 0.3 is 0 Å². The molecule has 0 heterocycles. The number of nitro benzene ring substituents is 1. The van der Waals surface area contributed by atoms with Crippen LogP contribution < -0.4 is 10.5 Å². The summed E-state index contributed by atoms with van der Waals surface area (Å²) in [5.41, 5.74) is 7.10. The Morgan fingerprint density at radius 1 is 1.25 bits per heavy atom. The molecule has 2 aromatic carbocycles. The van der Waals surface area contributed by atoms with Gasteiger partial charge in [-0.05, 0) is 23.8 Å². The summed E-state index contributed by atoms with van der Waals surface area (Å²) >= 11 is 5.89. The number of nitro groups is 1. The van der Waals surface area contributed by atoms with Crippen LogP contribution in [0.4, 0.5) is 5.69 Å². The molecule has 0 aliphatic carbocycles. The number of benzene rings is 2. The molecule has 0 atom stereocenters. The summed E-state index contributed by atoms with van der Waals surface area (Å²) in [5, 5.41) is 11.3. The van der Waals surface area contributed by atoms with Gasteiger partial charge in [0.15, 0.2) is 0 Å². The van der Waals surface area contributed by atoms with Crippen LogP contribution in [-0.4, -0.2) is 4.92 Å². The van der Waals surface area contributed by atoms with Crippen molar-refractivity contribution in [3.63, 3.8) is 0 Å². The van der Waals surface area contributed by atoms with E-state index in [2.05, 4.69) is 0 Å². The Morgan fingerprint density at radius 2 is 2.05 bits per heavy atom. The van der Waals surface area contributed by atoms with Crippen LogP contribution in [0.5, 0.6) is 5.75 Å². The van der Waals surface area contributed by atoms with Crippen molar-refractivity contribution in [1.29, 1.82) is 0 Å². The molecule has 0 bridgehead atoms. The molecule has 0 fully saturated rings. The topological polar surface area (TPSA) is 78.4 Å². The molecular weight excluding hydrogens is 280 g/mol. The molecular formula is C14H13ClN2O3. The van der Waals surface area contributed by atoms with Gasteiger partial charge in [-0.2, -0.15) is 0 Å². The monoisotopic (exact) mass is 292 g/mol. The second-order valence-electron chi connectivity index (χ2n) is 4.17. The van der Waals surface area contributed by atoms with Gasteiger partial charge in [-0.25, -0.2) is 0 Å². The lowest BCUT2D eigenvalue weighted by Crippen LogP contribution is -2.03. The fourth-order valence-corrected chi connectivity index (χ4v) is 1.98. The third-order valence-electron chi connectivity index (χ3n) is 2.76. The summed E-state index contributed by atoms with van der Waals surface area (Å²) in [4.78, 5) is 10.2. The van der Waals surface area contributed by atoms with Gasteiger partial charge in [0.2, 0.25) is 0 Å². The Bertz CT molecular complexity index is 632. The number of non-ortho nitro benzene ring substituents is 1. The number of ether oxygens (including phenoxy) is 1. The van der Waals surface area contributed by atoms with E-state index in [0.29, 0.717) is 22.9 Å². The molecule has 0 spiro atoms. The van der Waals surface area contributed by atoms with Gasteiger partial charge in [0.05, 0.1) is 4.92 Å². The highest BCUT2D eigenvalue weighted by molar-refractivity contribution is 6.30. The molecule has 20 heavy (non-hydrogen) atoms. The van der Waals surface area contributed by atoms with E-state index in [4.69, 9.17) is 22.1 Å². The van der Waals surface area contributed by atoms with Gasteiger partial charge in [0.25, 0.3) is 5.69 Å². The van der Waals surface area contributed by atoms with Crippen LogP contribution in [0, 0.1) is 10.1 Å². The van der Waals surface area contributed by atoms with Crippen LogP contribution in [0.15, 0.2) is 42.5 Å². The average molecular weight is 293 g/mol. The molecule has 0 aromatic heterocycles. The van der Waals surface area contributed by atoms with Gasteiger partial charge in [-0.1, -0.05) is 23.7 Å². The summed E-state index contributed by atoms with van der Waals surface area (Å²) in [5.74, 6) is 0.540. The SMILES string of the molecule is NCc1cc([N+](=O)[O-])ccc1OCc1cccc(Cl)c1. The van der Waals surface area contributed by atoms with Gasteiger partial charge < -0.3 is 10.5 Å². The van der Waals surface area contributed by atoms with Gasteiger partial charge in [-0.3, -0.25) is 10.1 Å². The molecule has 5 nitrogen and oxygen atoms in total. The van der Waals surface area contributed by atoms with E-state index in [1.807, 2.05) is 12.1 Å². The number of nitrogens with two attached hydrogens (primary N) is 1. The highest BCUT2D eigenvalue weighted by Crippen LogP contribution is 2.25. The molecule has 104 valence electrons. The summed E-state index contributed by atoms with van der Waals surface area (Å²) in [6, 6.07) is 11.7. The lowest BCUT2D eigenvalue weighted by atomic mass is 10.1. The quantitative estimate of drug-likeness (QED) is 0.677. The van der Waals surface area contributed by atoms with Crippen LogP contribution in [0.3, 0.4) is 0 Å². The minimum absolute atomic E-state index is 0.000514. The Hall–Kier alpha value is -2.11. The maximum absolute atomic E-state index is 10.7. The Labute approximate surface area is 121 Å². The van der Waals surface area contributed by atoms with Crippen molar-refractivity contribution in [2.75, 3.05) is 0 Å². The minimum Gasteiger partial charge on any atom is -0.489 e. The third-order valence-corrected chi connectivity index (χ3v) is 2.99. The maximum Gasteiger partial charge on any atom is 0.270 e. The first-order valence-electron chi connectivity index (χ1n) is 5.95. The summed E-state index contributed by atoms with van der Waals surface area (Å²) < 4.78 is 5.64. The summed E-state index contributed by atoms with van der Waals surface area (Å²) in [6.45, 7) is 0.498. The van der Waals surface area contributed by atoms with Crippen LogP contribution in [0.2, 0.25) is 5.02 Å². The Kier molecular flexibility index (Phi) is 4.55. The van der Waals surface area contributed by atoms with Crippen molar-refractivity contribution in [3.8, 4) is 5.75 Å². The van der Waals surface area contributed by atoms with Crippen LogP contribution in [0.1, 0.15) is 11.1 Å². The minimum atomic E-state index is -0.458. The number of rotatable bonds is 5. The maximum atomic E-state index is 10.7. The number of halogens is 1. The Morgan fingerprint density at radius 3 is 2.70 bits per heavy atom. The van der Waals surface area contributed by atoms with Crippen molar-refractivity contribution in [1.82, 2.24) is 0 Å². The molecule has 2 aromatic rings. The highest BCUT2D eigenvalue weighted by Gasteiger charge is 2.10. The number of hydrogen-bond acceptors (Lipinski definition) is 4. The van der Waals surface area contributed by atoms with E-state index in [1.165, 1.54) is 12.1 Å². The van der Waals surface area contributed by atoms with E-state index in [-0.39, 0.29) is 12.2 Å². The van der Waals surface area contributed by atoms with Crippen molar-refractivity contribution in [2.45, 2.75) is 13.2 Å². The van der Waals surface area contributed by atoms with Crippen LogP contribution >= 0.6 is 11.6 Å². The largest absolute Gasteiger partial charge is 0.489 e. The normalized spacial score (nSPS) is 10.3. The van der Waals surface area contributed by atoms with E-state index < -0.39 is 4.92 Å². The zero-order chi connectivity index (χ0) is 14.5. The molecule has 0 unspecified atom stereocenters. The Balaban J connectivity index is 2.15. The van der Waals surface area contributed by atoms with Crippen molar-refractivity contribution >= 4 is 17.3 Å². The lowest BCUT2D eigenvalue weighted by molar-refractivity contribution is -0.384. The molecule has 0 amide bonds. The molecule has 2 rings (SSSR count). The fraction of sp³-hybridized carbons (Fsp3) is 0.143. The first-order chi connectivity index (χ1) is 9.60. The van der Waals surface area contributed by atoms with E-state index in [1.54, 1.807) is 18.2 Å². The third kappa shape index (κ3) is 3.46. The van der Waals surface area contributed by atoms with Crippen LogP contribution in [-0.2, 0) is 13.2 Å². The molecule has 0 saturated heterocycles. The zero-order valence-electron chi connectivity index (χ0n) is 10.6. The predicted octanol–water partition coefficient (Wildman–Crippen LogP) is 3.29. The molecule has 0 radical (unpaired) electrons. The smallest absolute Gasteiger partial charge is 0.270 e. The fourth-order valence-electron chi connectivity index (χ4n) is 1.77. The molecule has 6 heteroatoms. The molecule has 0 saturated carbocycles. The van der Waals surface area contributed by atoms with Gasteiger partial charge in [0.1, 0.15) is 12.4 Å². The molecule has 0 aliphatic heterocycles. The average Bonchev–Trinajstić information content (AvgIpc) is 2.45. The van der Waals surface area contributed by atoms with E-state index in [0.717, 1.165) is 5.56 Å². The summed E-state index contributed by atoms with van der Waals surface area (Å²) in [6.07, 6.45) is 0. The molecule has 0 aliphatic rings. The zero-order valence-corrected chi connectivity index (χ0v) is 11.3. The lowest BCUT2D eigenvalue weighted by Gasteiger charge is -2.10. The predicted molar refractivity (Wildman–Crippen MR) is 76.8 cm³/mol. The first-order valence-corrected chi connectivity index (χ1v) is 6.32. The molecule has 2 N–H and O–H groups in total. The van der Waals surface area contributed by atoms with E-state index >= 15 is 0 Å². The standard InChI is InChI=1S/C14H13ClN2O3/c15-12-3-1-2-10(6-12)9-20-14-5-4-13(17(18)19)7-11(14)8-16/h1-7H,8-9,16H2. The van der Waals surface area contributed by atoms with Gasteiger partial charge in [0, 0.05) is 29.3 Å². The first kappa shape index (κ1) is 14.3. The van der Waals surface area contributed by atoms with E-state index in [9.17, 15) is 10.1 Å². The second-order valence-corrected chi connectivity index (χ2v) is 4.61. The second kappa shape index (κ2) is 6.36. The number of nitrogens with zero attached hydrogens (tertiary/aromatic N) is 1. The van der Waals surface area contributed by atoms with Crippen molar-refractivity contribution in [2.24, 2.45) is 5.73 Å². The highest BCUT2D eigenvalue weighted by atomic mass is 35.5. The van der Waals surface area contributed by atoms with Crippen LogP contribution in [0.25, 0.3) is 0 Å². The van der Waals surface area contributed by atoms with Crippen molar-refractivity contribution in [3.05, 3.63) is 68.7 Å².